The summed E-state index contributed by atoms with van der Waals surface area (Å²) in [5.41, 5.74) is 12.7. The molecule has 0 spiro atoms. The zero-order valence-corrected chi connectivity index (χ0v) is 14.7. The molecule has 0 fully saturated rings. The second-order valence-electron chi connectivity index (χ2n) is 5.14. The predicted octanol–water partition coefficient (Wildman–Crippen LogP) is 2.44. The van der Waals surface area contributed by atoms with Crippen LogP contribution in [0.5, 0.6) is 11.5 Å². The van der Waals surface area contributed by atoms with Crippen molar-refractivity contribution in [1.29, 1.82) is 0 Å². The molecule has 0 radical (unpaired) electrons. The molecule has 2 aromatic rings. The van der Waals surface area contributed by atoms with Crippen LogP contribution in [0.25, 0.3) is 0 Å². The number of nitrogens with zero attached hydrogens (tertiary/aromatic N) is 3. The summed E-state index contributed by atoms with van der Waals surface area (Å²) in [6.07, 6.45) is 0. The van der Waals surface area contributed by atoms with E-state index in [2.05, 4.69) is 10.2 Å². The zero-order chi connectivity index (χ0) is 20.4. The first kappa shape index (κ1) is 21.1. The van der Waals surface area contributed by atoms with Crippen LogP contribution in [0.15, 0.2) is 58.7 Å². The Labute approximate surface area is 154 Å². The Balaban J connectivity index is 0.000000828. The third-order valence-corrected chi connectivity index (χ3v) is 3.08. The number of benzene rings is 2. The van der Waals surface area contributed by atoms with Gasteiger partial charge in [-0.15, -0.1) is 5.10 Å². The summed E-state index contributed by atoms with van der Waals surface area (Å²) in [6, 6.07) is 14.4. The molecule has 0 atom stereocenters. The normalized spacial score (nSPS) is 10.2. The average molecular weight is 372 g/mol. The van der Waals surface area contributed by atoms with E-state index >= 15 is 0 Å². The lowest BCUT2D eigenvalue weighted by molar-refractivity contribution is -0.402. The number of hydrogen-bond donors (Lipinski definition) is 2. The van der Waals surface area contributed by atoms with Gasteiger partial charge >= 0.3 is 0 Å². The molecule has 2 aromatic carbocycles. The van der Waals surface area contributed by atoms with E-state index in [1.54, 1.807) is 24.3 Å². The predicted molar refractivity (Wildman–Crippen MR) is 101 cm³/mol. The zero-order valence-electron chi connectivity index (χ0n) is 14.7. The number of guanidine groups is 1. The molecule has 0 saturated heterocycles. The lowest BCUT2D eigenvalue weighted by Crippen LogP contribution is -2.22. The molecule has 0 aliphatic rings. The number of nitrogens with two attached hydrogens (primary N) is 2. The van der Waals surface area contributed by atoms with Gasteiger partial charge in [-0.1, -0.05) is 0 Å². The maximum absolute atomic E-state index is 11.2. The van der Waals surface area contributed by atoms with Gasteiger partial charge in [0, 0.05) is 5.56 Å². The molecular formula is C17H18N5O5-. The molecule has 0 aliphatic carbocycles. The number of hydrogen-bond acceptors (Lipinski definition) is 7. The van der Waals surface area contributed by atoms with Gasteiger partial charge in [0.05, 0.1) is 10.8 Å². The summed E-state index contributed by atoms with van der Waals surface area (Å²) >= 11 is 0. The Kier molecular flexibility index (Phi) is 7.92. The Morgan fingerprint density at radius 1 is 0.889 bits per heavy atom. The average Bonchev–Trinajstić information content (AvgIpc) is 2.60. The lowest BCUT2D eigenvalue weighted by Gasteiger charge is -2.07. The van der Waals surface area contributed by atoms with E-state index in [4.69, 9.17) is 31.5 Å². The maximum Gasteiger partial charge on any atom is 0.211 e. The summed E-state index contributed by atoms with van der Waals surface area (Å²) in [5.74, 6) is 1.28. The van der Waals surface area contributed by atoms with Crippen molar-refractivity contribution in [1.82, 2.24) is 0 Å². The SMILES string of the molecule is CC(=O)c1ccc(Oc2ccc(/C(C)=N/N=C(N)N)cc2)cc1.O=[N+]([O-])[O-]. The lowest BCUT2D eigenvalue weighted by atomic mass is 10.1. The second kappa shape index (κ2) is 10.1. The minimum Gasteiger partial charge on any atom is -0.457 e. The van der Waals surface area contributed by atoms with Crippen molar-refractivity contribution in [2.24, 2.45) is 21.7 Å². The van der Waals surface area contributed by atoms with E-state index in [-0.39, 0.29) is 11.7 Å². The van der Waals surface area contributed by atoms with Crippen molar-refractivity contribution in [2.75, 3.05) is 0 Å². The number of Topliss-reactive ketones (excluding diaryl/α,β-unsaturated/α-hetero) is 1. The first-order valence-corrected chi connectivity index (χ1v) is 7.53. The van der Waals surface area contributed by atoms with Gasteiger partial charge in [0.25, 0.3) is 0 Å². The molecule has 2 rings (SSSR count). The van der Waals surface area contributed by atoms with Crippen LogP contribution in [0.2, 0.25) is 0 Å². The smallest absolute Gasteiger partial charge is 0.211 e. The van der Waals surface area contributed by atoms with Crippen LogP contribution < -0.4 is 16.2 Å². The van der Waals surface area contributed by atoms with Crippen LogP contribution in [-0.2, 0) is 0 Å². The van der Waals surface area contributed by atoms with Crippen LogP contribution in [0.4, 0.5) is 0 Å². The second-order valence-corrected chi connectivity index (χ2v) is 5.14. The highest BCUT2D eigenvalue weighted by molar-refractivity contribution is 5.99. The molecule has 27 heavy (non-hydrogen) atoms. The van der Waals surface area contributed by atoms with Gasteiger partial charge in [-0.3, -0.25) is 4.79 Å². The first-order valence-electron chi connectivity index (χ1n) is 7.53. The minimum absolute atomic E-state index is 0.0245. The molecule has 0 unspecified atom stereocenters. The topological polar surface area (TPSA) is 169 Å². The highest BCUT2D eigenvalue weighted by Gasteiger charge is 2.02. The fourth-order valence-corrected chi connectivity index (χ4v) is 1.85. The largest absolute Gasteiger partial charge is 0.457 e. The third kappa shape index (κ3) is 8.12. The molecule has 0 saturated carbocycles. The number of carbonyl (C=O) groups is 1. The van der Waals surface area contributed by atoms with Gasteiger partial charge in [0.15, 0.2) is 5.78 Å². The van der Waals surface area contributed by atoms with Crippen LogP contribution >= 0.6 is 0 Å². The highest BCUT2D eigenvalue weighted by atomic mass is 16.9. The van der Waals surface area contributed by atoms with Crippen LogP contribution in [0, 0.1) is 15.3 Å². The number of ketones is 1. The molecular weight excluding hydrogens is 354 g/mol. The molecule has 10 heteroatoms. The number of carbonyl (C=O) groups excluding carboxylic acids is 1. The summed E-state index contributed by atoms with van der Waals surface area (Å²) < 4.78 is 5.73. The Morgan fingerprint density at radius 3 is 1.67 bits per heavy atom. The fraction of sp³-hybridized carbons (Fsp3) is 0.118. The van der Waals surface area contributed by atoms with Crippen LogP contribution in [-0.4, -0.2) is 22.5 Å². The molecule has 0 heterocycles. The van der Waals surface area contributed by atoms with Gasteiger partial charge in [-0.2, -0.15) is 5.10 Å². The van der Waals surface area contributed by atoms with Gasteiger partial charge in [-0.25, -0.2) is 0 Å². The minimum atomic E-state index is -1.75. The summed E-state index contributed by atoms with van der Waals surface area (Å²) in [5, 5.41) is 22.3. The maximum atomic E-state index is 11.2. The first-order chi connectivity index (χ1) is 12.7. The van der Waals surface area contributed by atoms with Crippen molar-refractivity contribution in [3.8, 4) is 11.5 Å². The molecule has 0 aromatic heterocycles. The van der Waals surface area contributed by atoms with E-state index in [1.807, 2.05) is 31.2 Å². The van der Waals surface area contributed by atoms with Crippen molar-refractivity contribution >= 4 is 17.5 Å². The van der Waals surface area contributed by atoms with Gasteiger partial charge < -0.3 is 31.5 Å². The number of rotatable bonds is 5. The van der Waals surface area contributed by atoms with Gasteiger partial charge in [0.1, 0.15) is 11.5 Å². The van der Waals surface area contributed by atoms with Gasteiger partial charge in [0.2, 0.25) is 5.96 Å². The molecule has 0 aliphatic heterocycles. The summed E-state index contributed by atoms with van der Waals surface area (Å²) in [7, 11) is 0. The van der Waals surface area contributed by atoms with E-state index < -0.39 is 5.09 Å². The van der Waals surface area contributed by atoms with Gasteiger partial charge in [-0.05, 0) is 67.9 Å². The Morgan fingerprint density at radius 2 is 1.30 bits per heavy atom. The molecule has 10 nitrogen and oxygen atoms in total. The Hall–Kier alpha value is -3.95. The molecule has 0 amide bonds. The monoisotopic (exact) mass is 372 g/mol. The summed E-state index contributed by atoms with van der Waals surface area (Å²) in [4.78, 5) is 19.5. The quantitative estimate of drug-likeness (QED) is 0.267. The highest BCUT2D eigenvalue weighted by Crippen LogP contribution is 2.22. The standard InChI is InChI=1S/C17H18N4O2.NO3/c1-11(20-21-17(18)19)13-3-7-15(8-4-13)23-16-9-5-14(6-10-16)12(2)22;2-1(3)4/h3-10H,1-2H3,(H4,18,19,21);/q;-1/b20-11+;. The van der Waals surface area contributed by atoms with E-state index in [9.17, 15) is 4.79 Å². The van der Waals surface area contributed by atoms with Crippen LogP contribution in [0.3, 0.4) is 0 Å². The van der Waals surface area contributed by atoms with Crippen molar-refractivity contribution in [3.63, 3.8) is 0 Å². The summed E-state index contributed by atoms with van der Waals surface area (Å²) in [6.45, 7) is 3.34. The molecule has 142 valence electrons. The third-order valence-electron chi connectivity index (χ3n) is 3.08. The molecule has 4 N–H and O–H groups in total. The van der Waals surface area contributed by atoms with Crippen molar-refractivity contribution in [3.05, 3.63) is 75.0 Å². The van der Waals surface area contributed by atoms with Crippen molar-refractivity contribution in [2.45, 2.75) is 13.8 Å². The number of ether oxygens (including phenoxy) is 1. The van der Waals surface area contributed by atoms with E-state index in [0.29, 0.717) is 22.8 Å². The van der Waals surface area contributed by atoms with Crippen molar-refractivity contribution < 1.29 is 14.6 Å². The Bertz CT molecular complexity index is 837. The fourth-order valence-electron chi connectivity index (χ4n) is 1.85. The molecule has 0 bridgehead atoms. The van der Waals surface area contributed by atoms with Crippen LogP contribution in [0.1, 0.15) is 29.8 Å². The van der Waals surface area contributed by atoms with E-state index in [0.717, 1.165) is 5.56 Å². The van der Waals surface area contributed by atoms with E-state index in [1.165, 1.54) is 6.92 Å².